The fraction of sp³-hybridized carbons (Fsp3) is 0. The summed E-state index contributed by atoms with van der Waals surface area (Å²) in [7, 11) is -3.26. The Morgan fingerprint density at radius 1 is 0.347 bits per heavy atom. The first-order valence-corrected chi connectivity index (χ1v) is 18.3. The zero-order valence-electron chi connectivity index (χ0n) is 26.5. The maximum Gasteiger partial charge on any atom is 0.178 e. The molecule has 0 fully saturated rings. The molecule has 10 rings (SSSR count). The maximum atomic E-state index is 15.6. The molecule has 0 bridgehead atoms. The van der Waals surface area contributed by atoms with Crippen molar-refractivity contribution in [1.82, 2.24) is 0 Å². The van der Waals surface area contributed by atoms with Crippen molar-refractivity contribution in [2.45, 2.75) is 0 Å². The van der Waals surface area contributed by atoms with Gasteiger partial charge in [0.15, 0.2) is 7.14 Å². The van der Waals surface area contributed by atoms with E-state index in [1.165, 1.54) is 32.3 Å². The Morgan fingerprint density at radius 2 is 0.898 bits per heavy atom. The van der Waals surface area contributed by atoms with E-state index in [1.807, 2.05) is 48.5 Å². The lowest BCUT2D eigenvalue weighted by atomic mass is 9.91. The van der Waals surface area contributed by atoms with Crippen LogP contribution in [0.5, 0.6) is 11.5 Å². The van der Waals surface area contributed by atoms with Crippen LogP contribution >= 0.6 is 7.14 Å². The number of rotatable bonds is 3. The SMILES string of the molecule is O=P1(c2ccc3ccccc3c2)c2ccccc2Oc2ccc(-c3cccc(-c4ccc5c6ccccc6c6ccccc6c5c4)c3)cc21. The second kappa shape index (κ2) is 10.8. The molecule has 49 heavy (non-hydrogen) atoms. The van der Waals surface area contributed by atoms with Gasteiger partial charge in [-0.3, -0.25) is 0 Å². The largest absolute Gasteiger partial charge is 0.456 e. The van der Waals surface area contributed by atoms with Crippen molar-refractivity contribution in [3.05, 3.63) is 176 Å². The minimum atomic E-state index is -3.26. The van der Waals surface area contributed by atoms with E-state index in [2.05, 4.69) is 127 Å². The molecule has 0 aromatic heterocycles. The highest BCUT2D eigenvalue weighted by molar-refractivity contribution is 7.85. The molecular formula is C46H29O2P. The first-order chi connectivity index (χ1) is 24.1. The van der Waals surface area contributed by atoms with E-state index in [0.29, 0.717) is 11.5 Å². The molecular weight excluding hydrogens is 615 g/mol. The molecule has 0 N–H and O–H groups in total. The van der Waals surface area contributed by atoms with E-state index in [0.717, 1.165) is 48.9 Å². The molecule has 9 aromatic rings. The fourth-order valence-electron chi connectivity index (χ4n) is 7.70. The van der Waals surface area contributed by atoms with Crippen LogP contribution in [0.2, 0.25) is 0 Å². The predicted octanol–water partition coefficient (Wildman–Crippen LogP) is 11.4. The van der Waals surface area contributed by atoms with Gasteiger partial charge >= 0.3 is 0 Å². The predicted molar refractivity (Wildman–Crippen MR) is 207 cm³/mol. The molecule has 0 aliphatic carbocycles. The molecule has 1 atom stereocenters. The first kappa shape index (κ1) is 28.1. The van der Waals surface area contributed by atoms with Crippen molar-refractivity contribution in [3.8, 4) is 33.8 Å². The van der Waals surface area contributed by atoms with Gasteiger partial charge < -0.3 is 9.30 Å². The van der Waals surface area contributed by atoms with E-state index in [4.69, 9.17) is 4.74 Å². The lowest BCUT2D eigenvalue weighted by Crippen LogP contribution is -2.30. The van der Waals surface area contributed by atoms with Gasteiger partial charge in [-0.2, -0.15) is 0 Å². The Labute approximate surface area is 284 Å². The van der Waals surface area contributed by atoms with Crippen molar-refractivity contribution in [2.75, 3.05) is 0 Å². The highest BCUT2D eigenvalue weighted by Crippen LogP contribution is 2.52. The third-order valence-electron chi connectivity index (χ3n) is 10.1. The lowest BCUT2D eigenvalue weighted by Gasteiger charge is -2.29. The highest BCUT2D eigenvalue weighted by Gasteiger charge is 2.39. The van der Waals surface area contributed by atoms with Crippen molar-refractivity contribution in [3.63, 3.8) is 0 Å². The summed E-state index contributed by atoms with van der Waals surface area (Å²) in [6, 6.07) is 61.2. The number of ether oxygens (including phenoxy) is 1. The minimum absolute atomic E-state index is 0.642. The molecule has 1 aliphatic heterocycles. The zero-order valence-corrected chi connectivity index (χ0v) is 27.4. The molecule has 0 radical (unpaired) electrons. The molecule has 3 heteroatoms. The molecule has 9 aromatic carbocycles. The molecule has 1 aliphatic rings. The van der Waals surface area contributed by atoms with Crippen molar-refractivity contribution >= 4 is 66.1 Å². The van der Waals surface area contributed by atoms with Gasteiger partial charge in [-0.1, -0.05) is 133 Å². The minimum Gasteiger partial charge on any atom is -0.456 e. The normalized spacial score (nSPS) is 15.3. The number of benzene rings is 9. The molecule has 1 heterocycles. The van der Waals surface area contributed by atoms with Gasteiger partial charge in [-0.15, -0.1) is 0 Å². The Bertz CT molecular complexity index is 2810. The van der Waals surface area contributed by atoms with E-state index in [-0.39, 0.29) is 0 Å². The van der Waals surface area contributed by atoms with Crippen LogP contribution in [0.3, 0.4) is 0 Å². The fourth-order valence-corrected chi connectivity index (χ4v) is 10.6. The van der Waals surface area contributed by atoms with Gasteiger partial charge in [0.25, 0.3) is 0 Å². The van der Waals surface area contributed by atoms with E-state index >= 15 is 4.57 Å². The summed E-state index contributed by atoms with van der Waals surface area (Å²) in [6.45, 7) is 0. The topological polar surface area (TPSA) is 26.3 Å². The highest BCUT2D eigenvalue weighted by atomic mass is 31.2. The van der Waals surface area contributed by atoms with Gasteiger partial charge in [0.1, 0.15) is 11.5 Å². The van der Waals surface area contributed by atoms with Crippen LogP contribution in [0.25, 0.3) is 65.3 Å². The summed E-state index contributed by atoms with van der Waals surface area (Å²) in [5, 5.41) is 12.1. The van der Waals surface area contributed by atoms with Gasteiger partial charge in [-0.25, -0.2) is 0 Å². The third-order valence-corrected chi connectivity index (χ3v) is 13.2. The molecule has 0 saturated heterocycles. The Morgan fingerprint density at radius 3 is 1.65 bits per heavy atom. The maximum absolute atomic E-state index is 15.6. The summed E-state index contributed by atoms with van der Waals surface area (Å²) < 4.78 is 22.0. The van der Waals surface area contributed by atoms with Crippen molar-refractivity contribution < 1.29 is 9.30 Å². The number of hydrogen-bond donors (Lipinski definition) is 0. The summed E-state index contributed by atoms with van der Waals surface area (Å²) in [4.78, 5) is 0. The van der Waals surface area contributed by atoms with Crippen molar-refractivity contribution in [1.29, 1.82) is 0 Å². The standard InChI is InChI=1S/C46H29O2P/c47-49(36-23-20-30-10-1-2-11-33(30)27-36)45-19-8-7-18-43(45)48-44-25-22-35(29-46(44)49)32-13-9-12-31(26-32)34-21-24-41-39-16-4-3-14-37(39)38-15-5-6-17-40(38)42(41)28-34/h1-29H. The van der Waals surface area contributed by atoms with Crippen LogP contribution in [-0.2, 0) is 4.57 Å². The average Bonchev–Trinajstić information content (AvgIpc) is 3.17. The van der Waals surface area contributed by atoms with E-state index in [9.17, 15) is 0 Å². The number of para-hydroxylation sites is 1. The first-order valence-electron chi connectivity index (χ1n) is 16.6. The summed E-state index contributed by atoms with van der Waals surface area (Å²) >= 11 is 0. The van der Waals surface area contributed by atoms with Crippen LogP contribution < -0.4 is 20.7 Å². The second-order valence-electron chi connectivity index (χ2n) is 12.8. The van der Waals surface area contributed by atoms with Gasteiger partial charge in [0, 0.05) is 5.30 Å². The monoisotopic (exact) mass is 644 g/mol. The summed E-state index contributed by atoms with van der Waals surface area (Å²) in [5.74, 6) is 1.29. The van der Waals surface area contributed by atoms with E-state index < -0.39 is 7.14 Å². The van der Waals surface area contributed by atoms with Gasteiger partial charge in [0.2, 0.25) is 0 Å². The third kappa shape index (κ3) is 4.31. The molecule has 0 saturated carbocycles. The summed E-state index contributed by atoms with van der Waals surface area (Å²) in [6.07, 6.45) is 0. The Hall–Kier alpha value is -5.95. The summed E-state index contributed by atoms with van der Waals surface area (Å²) in [5.41, 5.74) is 4.36. The van der Waals surface area contributed by atoms with Crippen LogP contribution in [0.15, 0.2) is 176 Å². The van der Waals surface area contributed by atoms with E-state index in [1.54, 1.807) is 0 Å². The number of fused-ring (bicyclic) bond motifs is 9. The average molecular weight is 645 g/mol. The molecule has 2 nitrogen and oxygen atoms in total. The lowest BCUT2D eigenvalue weighted by molar-refractivity contribution is 0.485. The van der Waals surface area contributed by atoms with Crippen LogP contribution in [-0.4, -0.2) is 0 Å². The zero-order chi connectivity index (χ0) is 32.5. The quantitative estimate of drug-likeness (QED) is 0.141. The molecule has 0 spiro atoms. The van der Waals surface area contributed by atoms with Gasteiger partial charge in [0.05, 0.1) is 10.6 Å². The van der Waals surface area contributed by atoms with Crippen LogP contribution in [0, 0.1) is 0 Å². The second-order valence-corrected chi connectivity index (χ2v) is 15.5. The molecule has 1 unspecified atom stereocenters. The number of hydrogen-bond acceptors (Lipinski definition) is 2. The van der Waals surface area contributed by atoms with Crippen LogP contribution in [0.4, 0.5) is 0 Å². The Kier molecular flexibility index (Phi) is 6.19. The smallest absolute Gasteiger partial charge is 0.178 e. The molecule has 0 amide bonds. The molecule has 230 valence electrons. The van der Waals surface area contributed by atoms with Crippen LogP contribution in [0.1, 0.15) is 0 Å². The Balaban J connectivity index is 1.12. The van der Waals surface area contributed by atoms with Crippen molar-refractivity contribution in [2.24, 2.45) is 0 Å². The van der Waals surface area contributed by atoms with Gasteiger partial charge in [-0.05, 0) is 108 Å².